The van der Waals surface area contributed by atoms with E-state index in [9.17, 15) is 9.59 Å². The molecule has 2 aromatic heterocycles. The Morgan fingerprint density at radius 3 is 3.00 bits per heavy atom. The molecule has 0 aromatic carbocycles. The Kier molecular flexibility index (Phi) is 4.54. The van der Waals surface area contributed by atoms with E-state index in [1.807, 2.05) is 11.8 Å². The third kappa shape index (κ3) is 3.27. The quantitative estimate of drug-likeness (QED) is 0.875. The average molecular weight is 328 g/mol. The molecule has 2 aromatic rings. The lowest BCUT2D eigenvalue weighted by Gasteiger charge is -2.25. The number of amides is 2. The summed E-state index contributed by atoms with van der Waals surface area (Å²) in [5.74, 6) is 0.451. The van der Waals surface area contributed by atoms with E-state index in [4.69, 9.17) is 0 Å². The van der Waals surface area contributed by atoms with Crippen molar-refractivity contribution in [1.29, 1.82) is 0 Å². The fourth-order valence-electron chi connectivity index (χ4n) is 2.98. The van der Waals surface area contributed by atoms with Crippen molar-refractivity contribution < 1.29 is 9.59 Å². The zero-order valence-electron chi connectivity index (χ0n) is 13.7. The van der Waals surface area contributed by atoms with Crippen LogP contribution in [0.15, 0.2) is 18.5 Å². The van der Waals surface area contributed by atoms with Crippen LogP contribution < -0.4 is 5.32 Å². The minimum atomic E-state index is -0.119. The van der Waals surface area contributed by atoms with Gasteiger partial charge in [-0.25, -0.2) is 9.97 Å². The van der Waals surface area contributed by atoms with Crippen LogP contribution in [0.2, 0.25) is 0 Å². The Bertz CT molecular complexity index is 743. The Morgan fingerprint density at radius 1 is 1.46 bits per heavy atom. The van der Waals surface area contributed by atoms with E-state index in [0.29, 0.717) is 24.6 Å². The number of carbonyl (C=O) groups excluding carboxylic acids is 2. The van der Waals surface area contributed by atoms with E-state index in [0.717, 1.165) is 24.1 Å². The minimum Gasteiger partial charge on any atom is -0.352 e. The standard InChI is InChI=1S/C16H20N6O2/c1-10-17-8-12(9-18-11(2)23)15(20-10)14-4-3-7-22(14)16(24)13-5-6-19-21-13/h5-6,8,14H,3-4,7,9H2,1-2H3,(H,18,23)(H,19,21)/t14-/m0/s1. The summed E-state index contributed by atoms with van der Waals surface area (Å²) in [7, 11) is 0. The maximum Gasteiger partial charge on any atom is 0.272 e. The van der Waals surface area contributed by atoms with Gasteiger partial charge in [0.15, 0.2) is 0 Å². The number of aromatic nitrogens is 4. The van der Waals surface area contributed by atoms with Gasteiger partial charge in [-0.1, -0.05) is 0 Å². The van der Waals surface area contributed by atoms with E-state index in [1.54, 1.807) is 18.5 Å². The summed E-state index contributed by atoms with van der Waals surface area (Å²) in [6.45, 7) is 4.32. The van der Waals surface area contributed by atoms with Crippen molar-refractivity contribution in [3.8, 4) is 0 Å². The van der Waals surface area contributed by atoms with Crippen LogP contribution >= 0.6 is 0 Å². The molecule has 1 atom stereocenters. The van der Waals surface area contributed by atoms with Gasteiger partial charge in [-0.2, -0.15) is 5.10 Å². The zero-order valence-corrected chi connectivity index (χ0v) is 13.7. The van der Waals surface area contributed by atoms with Gasteiger partial charge in [0.2, 0.25) is 5.91 Å². The molecule has 24 heavy (non-hydrogen) atoms. The third-order valence-corrected chi connectivity index (χ3v) is 4.11. The van der Waals surface area contributed by atoms with E-state index >= 15 is 0 Å². The second-order valence-electron chi connectivity index (χ2n) is 5.86. The first kappa shape index (κ1) is 16.1. The SMILES string of the molecule is CC(=O)NCc1cnc(C)nc1[C@@H]1CCCN1C(=O)c1ccn[nH]1. The summed E-state index contributed by atoms with van der Waals surface area (Å²) in [5, 5.41) is 9.35. The van der Waals surface area contributed by atoms with Gasteiger partial charge >= 0.3 is 0 Å². The molecule has 0 aliphatic carbocycles. The summed E-state index contributed by atoms with van der Waals surface area (Å²) >= 11 is 0. The Hall–Kier alpha value is -2.77. The topological polar surface area (TPSA) is 104 Å². The summed E-state index contributed by atoms with van der Waals surface area (Å²) in [6, 6.07) is 1.55. The maximum atomic E-state index is 12.7. The number of nitrogens with zero attached hydrogens (tertiary/aromatic N) is 4. The molecule has 1 aliphatic heterocycles. The molecule has 126 valence electrons. The number of H-pyrrole nitrogens is 1. The fourth-order valence-corrected chi connectivity index (χ4v) is 2.98. The van der Waals surface area contributed by atoms with Crippen LogP contribution in [-0.4, -0.2) is 43.4 Å². The van der Waals surface area contributed by atoms with Crippen molar-refractivity contribution >= 4 is 11.8 Å². The third-order valence-electron chi connectivity index (χ3n) is 4.11. The molecule has 0 spiro atoms. The summed E-state index contributed by atoms with van der Waals surface area (Å²) < 4.78 is 0. The van der Waals surface area contributed by atoms with E-state index in [-0.39, 0.29) is 17.9 Å². The van der Waals surface area contributed by atoms with Crippen LogP contribution in [0.4, 0.5) is 0 Å². The van der Waals surface area contributed by atoms with Gasteiger partial charge in [-0.05, 0) is 25.8 Å². The first-order valence-corrected chi connectivity index (χ1v) is 7.93. The zero-order chi connectivity index (χ0) is 17.1. The lowest BCUT2D eigenvalue weighted by Crippen LogP contribution is -2.32. The first-order valence-electron chi connectivity index (χ1n) is 7.93. The number of carbonyl (C=O) groups is 2. The van der Waals surface area contributed by atoms with Crippen molar-refractivity contribution in [1.82, 2.24) is 30.4 Å². The molecule has 3 rings (SSSR count). The predicted molar refractivity (Wildman–Crippen MR) is 85.9 cm³/mol. The smallest absolute Gasteiger partial charge is 0.272 e. The van der Waals surface area contributed by atoms with E-state index in [2.05, 4.69) is 25.5 Å². The predicted octanol–water partition coefficient (Wildman–Crippen LogP) is 1.12. The Morgan fingerprint density at radius 2 is 2.29 bits per heavy atom. The van der Waals surface area contributed by atoms with Crippen LogP contribution in [0.5, 0.6) is 0 Å². The van der Waals surface area contributed by atoms with Gasteiger partial charge in [0.1, 0.15) is 11.5 Å². The van der Waals surface area contributed by atoms with Crippen LogP contribution in [0.3, 0.4) is 0 Å². The number of nitrogens with one attached hydrogen (secondary N) is 2. The molecule has 1 fully saturated rings. The highest BCUT2D eigenvalue weighted by molar-refractivity contribution is 5.92. The molecule has 0 radical (unpaired) electrons. The molecular weight excluding hydrogens is 308 g/mol. The molecule has 0 bridgehead atoms. The lowest BCUT2D eigenvalue weighted by atomic mass is 10.1. The van der Waals surface area contributed by atoms with Crippen molar-refractivity contribution in [3.05, 3.63) is 41.2 Å². The van der Waals surface area contributed by atoms with Gasteiger partial charge in [0, 0.05) is 38.0 Å². The molecule has 2 N–H and O–H groups in total. The highest BCUT2D eigenvalue weighted by Crippen LogP contribution is 2.33. The Balaban J connectivity index is 1.90. The molecular formula is C16H20N6O2. The average Bonchev–Trinajstić information content (AvgIpc) is 3.24. The minimum absolute atomic E-state index is 0.0863. The van der Waals surface area contributed by atoms with Gasteiger partial charge < -0.3 is 10.2 Å². The van der Waals surface area contributed by atoms with Crippen LogP contribution in [0.25, 0.3) is 0 Å². The first-order chi connectivity index (χ1) is 11.6. The number of hydrogen-bond donors (Lipinski definition) is 2. The van der Waals surface area contributed by atoms with Crippen molar-refractivity contribution in [2.24, 2.45) is 0 Å². The summed E-state index contributed by atoms with van der Waals surface area (Å²) in [6.07, 6.45) is 5.04. The molecule has 0 unspecified atom stereocenters. The second kappa shape index (κ2) is 6.77. The van der Waals surface area contributed by atoms with Crippen LogP contribution in [0, 0.1) is 6.92 Å². The molecule has 8 heteroatoms. The van der Waals surface area contributed by atoms with Crippen LogP contribution in [0.1, 0.15) is 53.4 Å². The molecule has 2 amide bonds. The van der Waals surface area contributed by atoms with Gasteiger partial charge in [-0.15, -0.1) is 0 Å². The fraction of sp³-hybridized carbons (Fsp3) is 0.438. The number of aryl methyl sites for hydroxylation is 1. The number of likely N-dealkylation sites (tertiary alicyclic amines) is 1. The maximum absolute atomic E-state index is 12.7. The molecule has 8 nitrogen and oxygen atoms in total. The molecule has 1 aliphatic rings. The summed E-state index contributed by atoms with van der Waals surface area (Å²) in [4.78, 5) is 34.5. The van der Waals surface area contributed by atoms with Gasteiger partial charge in [0.05, 0.1) is 11.7 Å². The van der Waals surface area contributed by atoms with Crippen molar-refractivity contribution in [2.45, 2.75) is 39.3 Å². The van der Waals surface area contributed by atoms with E-state index in [1.165, 1.54) is 6.92 Å². The highest BCUT2D eigenvalue weighted by atomic mass is 16.2. The normalized spacial score (nSPS) is 17.1. The monoisotopic (exact) mass is 328 g/mol. The van der Waals surface area contributed by atoms with Crippen LogP contribution in [-0.2, 0) is 11.3 Å². The summed E-state index contributed by atoms with van der Waals surface area (Å²) in [5.41, 5.74) is 2.11. The largest absolute Gasteiger partial charge is 0.352 e. The van der Waals surface area contributed by atoms with Crippen molar-refractivity contribution in [3.63, 3.8) is 0 Å². The molecule has 0 saturated carbocycles. The number of rotatable bonds is 4. The Labute approximate surface area is 139 Å². The molecule has 1 saturated heterocycles. The van der Waals surface area contributed by atoms with Crippen molar-refractivity contribution in [2.75, 3.05) is 6.54 Å². The highest BCUT2D eigenvalue weighted by Gasteiger charge is 2.33. The van der Waals surface area contributed by atoms with E-state index < -0.39 is 0 Å². The number of aromatic amines is 1. The van der Waals surface area contributed by atoms with Gasteiger partial charge in [0.25, 0.3) is 5.91 Å². The second-order valence-corrected chi connectivity index (χ2v) is 5.86. The number of hydrogen-bond acceptors (Lipinski definition) is 5. The molecule has 3 heterocycles. The van der Waals surface area contributed by atoms with Gasteiger partial charge in [-0.3, -0.25) is 14.7 Å². The lowest BCUT2D eigenvalue weighted by molar-refractivity contribution is -0.119.